The van der Waals surface area contributed by atoms with Gasteiger partial charge in [-0.25, -0.2) is 9.29 Å². The van der Waals surface area contributed by atoms with Crippen LogP contribution in [0.25, 0.3) is 5.57 Å². The summed E-state index contributed by atoms with van der Waals surface area (Å²) in [5.41, 5.74) is 2.41. The van der Waals surface area contributed by atoms with Crippen molar-refractivity contribution in [1.82, 2.24) is 0 Å². The van der Waals surface area contributed by atoms with Crippen LogP contribution in [0.3, 0.4) is 0 Å². The number of rotatable bonds is 6. The van der Waals surface area contributed by atoms with Gasteiger partial charge in [0.05, 0.1) is 31.2 Å². The molecule has 1 aliphatic rings. The number of nitrogens with one attached hydrogen (secondary N) is 1. The summed E-state index contributed by atoms with van der Waals surface area (Å²) >= 11 is 0. The summed E-state index contributed by atoms with van der Waals surface area (Å²) < 4.78 is 24.5. The van der Waals surface area contributed by atoms with Crippen LogP contribution in [0.15, 0.2) is 72.4 Å². The van der Waals surface area contributed by atoms with Crippen LogP contribution in [0.1, 0.15) is 11.1 Å². The van der Waals surface area contributed by atoms with E-state index in [4.69, 9.17) is 9.47 Å². The largest absolute Gasteiger partial charge is 0.497 e. The first kappa shape index (κ1) is 21.1. The number of halogens is 1. The van der Waals surface area contributed by atoms with Crippen LogP contribution in [0.4, 0.5) is 15.8 Å². The summed E-state index contributed by atoms with van der Waals surface area (Å²) in [7, 11) is 3.07. The van der Waals surface area contributed by atoms with Crippen molar-refractivity contribution in [1.29, 1.82) is 0 Å². The van der Waals surface area contributed by atoms with Crippen molar-refractivity contribution >= 4 is 28.8 Å². The lowest BCUT2D eigenvalue weighted by atomic mass is 10.0. The molecule has 1 N–H and O–H groups in total. The Morgan fingerprint density at radius 1 is 0.875 bits per heavy atom. The molecule has 2 amide bonds. The molecule has 4 rings (SSSR count). The third-order valence-corrected chi connectivity index (χ3v) is 5.14. The van der Waals surface area contributed by atoms with Gasteiger partial charge in [0, 0.05) is 0 Å². The molecule has 0 aliphatic carbocycles. The second-order valence-corrected chi connectivity index (χ2v) is 7.23. The molecule has 0 radical (unpaired) electrons. The number of nitrogens with zero attached hydrogens (tertiary/aromatic N) is 1. The zero-order valence-corrected chi connectivity index (χ0v) is 17.8. The van der Waals surface area contributed by atoms with E-state index in [1.165, 1.54) is 25.3 Å². The van der Waals surface area contributed by atoms with Gasteiger partial charge in [-0.1, -0.05) is 24.3 Å². The SMILES string of the molecule is COc1ccc(C2=C(Nc3cc(C)ccc3OC)C(=O)N(c3cccc(F)c3)C2=O)cc1. The standard InChI is InChI=1S/C25H21FN2O4/c1-15-7-12-21(32-3)20(13-15)27-23-22(16-8-10-19(31-2)11-9-16)24(29)28(25(23)30)18-6-4-5-17(26)14-18/h4-14,27H,1-3H3. The minimum atomic E-state index is -0.588. The number of benzene rings is 3. The van der Waals surface area contributed by atoms with Crippen LogP contribution < -0.4 is 19.7 Å². The minimum absolute atomic E-state index is 0.0772. The lowest BCUT2D eigenvalue weighted by molar-refractivity contribution is -0.120. The lowest BCUT2D eigenvalue weighted by Gasteiger charge is -2.16. The topological polar surface area (TPSA) is 67.9 Å². The fourth-order valence-corrected chi connectivity index (χ4v) is 3.58. The highest BCUT2D eigenvalue weighted by molar-refractivity contribution is 6.46. The first-order chi connectivity index (χ1) is 15.4. The number of carbonyl (C=O) groups is 2. The molecule has 0 atom stereocenters. The molecule has 0 aromatic heterocycles. The maximum absolute atomic E-state index is 13.9. The van der Waals surface area contributed by atoms with Gasteiger partial charge in [0.1, 0.15) is 23.0 Å². The number of imide groups is 1. The number of ether oxygens (including phenoxy) is 2. The van der Waals surface area contributed by atoms with Crippen molar-refractivity contribution in [2.45, 2.75) is 6.92 Å². The molecule has 0 fully saturated rings. The number of carbonyl (C=O) groups excluding carboxylic acids is 2. The lowest BCUT2D eigenvalue weighted by Crippen LogP contribution is -2.32. The molecule has 0 saturated heterocycles. The maximum Gasteiger partial charge on any atom is 0.282 e. The quantitative estimate of drug-likeness (QED) is 0.579. The third-order valence-electron chi connectivity index (χ3n) is 5.14. The molecular weight excluding hydrogens is 411 g/mol. The fraction of sp³-hybridized carbons (Fsp3) is 0.120. The molecule has 7 heteroatoms. The van der Waals surface area contributed by atoms with E-state index in [1.807, 2.05) is 19.1 Å². The summed E-state index contributed by atoms with van der Waals surface area (Å²) in [4.78, 5) is 27.8. The van der Waals surface area contributed by atoms with Crippen LogP contribution in [-0.4, -0.2) is 26.0 Å². The number of hydrogen-bond donors (Lipinski definition) is 1. The summed E-state index contributed by atoms with van der Waals surface area (Å²) in [6.45, 7) is 1.91. The van der Waals surface area contributed by atoms with E-state index in [2.05, 4.69) is 5.32 Å². The second kappa shape index (κ2) is 8.55. The molecule has 0 unspecified atom stereocenters. The first-order valence-corrected chi connectivity index (χ1v) is 9.87. The highest BCUT2D eigenvalue weighted by Crippen LogP contribution is 2.36. The van der Waals surface area contributed by atoms with Crippen LogP contribution >= 0.6 is 0 Å². The summed E-state index contributed by atoms with van der Waals surface area (Å²) in [6, 6.07) is 17.6. The molecule has 0 spiro atoms. The Balaban J connectivity index is 1.85. The van der Waals surface area contributed by atoms with Crippen LogP contribution in [0, 0.1) is 12.7 Å². The Labute approximate surface area is 184 Å². The normalized spacial score (nSPS) is 13.6. The molecule has 3 aromatic rings. The highest BCUT2D eigenvalue weighted by Gasteiger charge is 2.40. The number of aryl methyl sites for hydroxylation is 1. The van der Waals surface area contributed by atoms with Crippen molar-refractivity contribution in [2.24, 2.45) is 0 Å². The Morgan fingerprint density at radius 3 is 2.28 bits per heavy atom. The van der Waals surface area contributed by atoms with Gasteiger partial charge < -0.3 is 14.8 Å². The van der Waals surface area contributed by atoms with E-state index in [-0.39, 0.29) is 17.0 Å². The van der Waals surface area contributed by atoms with E-state index in [0.29, 0.717) is 22.7 Å². The first-order valence-electron chi connectivity index (χ1n) is 9.87. The van der Waals surface area contributed by atoms with Gasteiger partial charge in [-0.2, -0.15) is 0 Å². The summed E-state index contributed by atoms with van der Waals surface area (Å²) in [6.07, 6.45) is 0. The van der Waals surface area contributed by atoms with Gasteiger partial charge in [0.2, 0.25) is 0 Å². The molecule has 1 aliphatic heterocycles. The van der Waals surface area contributed by atoms with Gasteiger partial charge in [-0.05, 0) is 60.5 Å². The smallest absolute Gasteiger partial charge is 0.282 e. The third kappa shape index (κ3) is 3.80. The van der Waals surface area contributed by atoms with Crippen molar-refractivity contribution in [3.05, 3.63) is 89.4 Å². The second-order valence-electron chi connectivity index (χ2n) is 7.23. The summed E-state index contributed by atoms with van der Waals surface area (Å²) in [5, 5.41) is 3.09. The molecule has 1 heterocycles. The Bertz CT molecular complexity index is 1230. The maximum atomic E-state index is 13.9. The average Bonchev–Trinajstić information content (AvgIpc) is 3.03. The molecular formula is C25H21FN2O4. The van der Waals surface area contributed by atoms with E-state index < -0.39 is 17.6 Å². The molecule has 162 valence electrons. The Morgan fingerprint density at radius 2 is 1.62 bits per heavy atom. The predicted molar refractivity (Wildman–Crippen MR) is 120 cm³/mol. The van der Waals surface area contributed by atoms with Crippen molar-refractivity contribution in [3.63, 3.8) is 0 Å². The minimum Gasteiger partial charge on any atom is -0.497 e. The average molecular weight is 432 g/mol. The monoisotopic (exact) mass is 432 g/mol. The van der Waals surface area contributed by atoms with E-state index in [0.717, 1.165) is 16.5 Å². The number of hydrogen-bond acceptors (Lipinski definition) is 5. The van der Waals surface area contributed by atoms with Gasteiger partial charge in [0.25, 0.3) is 11.8 Å². The van der Waals surface area contributed by atoms with Crippen LogP contribution in [0.2, 0.25) is 0 Å². The number of methoxy groups -OCH3 is 2. The van der Waals surface area contributed by atoms with Crippen molar-refractivity contribution in [2.75, 3.05) is 24.4 Å². The van der Waals surface area contributed by atoms with E-state index in [9.17, 15) is 14.0 Å². The molecule has 6 nitrogen and oxygen atoms in total. The number of amides is 2. The summed E-state index contributed by atoms with van der Waals surface area (Å²) in [5.74, 6) is -0.560. The Kier molecular flexibility index (Phi) is 5.64. The Hall–Kier alpha value is -4.13. The fourth-order valence-electron chi connectivity index (χ4n) is 3.58. The zero-order valence-electron chi connectivity index (χ0n) is 17.8. The molecule has 3 aromatic carbocycles. The number of anilines is 2. The van der Waals surface area contributed by atoms with Crippen LogP contribution in [0.5, 0.6) is 11.5 Å². The van der Waals surface area contributed by atoms with Gasteiger partial charge in [-0.15, -0.1) is 0 Å². The van der Waals surface area contributed by atoms with E-state index >= 15 is 0 Å². The highest BCUT2D eigenvalue weighted by atomic mass is 19.1. The van der Waals surface area contributed by atoms with Gasteiger partial charge >= 0.3 is 0 Å². The van der Waals surface area contributed by atoms with E-state index in [1.54, 1.807) is 37.4 Å². The van der Waals surface area contributed by atoms with Crippen LogP contribution in [-0.2, 0) is 9.59 Å². The predicted octanol–water partition coefficient (Wildman–Crippen LogP) is 4.55. The zero-order chi connectivity index (χ0) is 22.8. The van der Waals surface area contributed by atoms with Gasteiger partial charge in [0.15, 0.2) is 0 Å². The molecule has 0 bridgehead atoms. The van der Waals surface area contributed by atoms with Crippen molar-refractivity contribution in [3.8, 4) is 11.5 Å². The van der Waals surface area contributed by atoms with Gasteiger partial charge in [-0.3, -0.25) is 9.59 Å². The van der Waals surface area contributed by atoms with Crippen molar-refractivity contribution < 1.29 is 23.5 Å². The molecule has 32 heavy (non-hydrogen) atoms. The molecule has 0 saturated carbocycles.